The molecule has 0 amide bonds. The standard InChI is InChI=1S/C12H19N3O/c1-9-8-16-10(2)7-15(9)11-4-5-14-12(6-11)13-3/h4-6,9-10H,7-8H2,1-3H3,(H,13,14). The fraction of sp³-hybridized carbons (Fsp3) is 0.583. The molecular weight excluding hydrogens is 202 g/mol. The van der Waals surface area contributed by atoms with Gasteiger partial charge < -0.3 is 15.0 Å². The highest BCUT2D eigenvalue weighted by molar-refractivity contribution is 5.54. The molecule has 1 aliphatic heterocycles. The highest BCUT2D eigenvalue weighted by atomic mass is 16.5. The summed E-state index contributed by atoms with van der Waals surface area (Å²) in [4.78, 5) is 6.60. The van der Waals surface area contributed by atoms with Gasteiger partial charge in [0.15, 0.2) is 0 Å². The molecule has 2 heterocycles. The summed E-state index contributed by atoms with van der Waals surface area (Å²) in [7, 11) is 1.89. The first-order chi connectivity index (χ1) is 7.70. The first-order valence-electron chi connectivity index (χ1n) is 5.72. The molecule has 16 heavy (non-hydrogen) atoms. The van der Waals surface area contributed by atoms with Crippen LogP contribution in [-0.2, 0) is 4.74 Å². The van der Waals surface area contributed by atoms with Crippen LogP contribution in [-0.4, -0.2) is 37.3 Å². The number of rotatable bonds is 2. The molecule has 4 nitrogen and oxygen atoms in total. The van der Waals surface area contributed by atoms with Gasteiger partial charge in [0, 0.05) is 37.6 Å². The highest BCUT2D eigenvalue weighted by Gasteiger charge is 2.23. The molecular formula is C12H19N3O. The molecule has 2 atom stereocenters. The number of hydrogen-bond donors (Lipinski definition) is 1. The average Bonchev–Trinajstić information content (AvgIpc) is 2.32. The second-order valence-corrected chi connectivity index (χ2v) is 4.29. The van der Waals surface area contributed by atoms with Gasteiger partial charge in [0.05, 0.1) is 12.7 Å². The summed E-state index contributed by atoms with van der Waals surface area (Å²) < 4.78 is 5.63. The summed E-state index contributed by atoms with van der Waals surface area (Å²) in [6, 6.07) is 4.55. The minimum absolute atomic E-state index is 0.294. The Morgan fingerprint density at radius 3 is 3.06 bits per heavy atom. The number of nitrogens with zero attached hydrogens (tertiary/aromatic N) is 2. The largest absolute Gasteiger partial charge is 0.375 e. The van der Waals surface area contributed by atoms with Crippen LogP contribution in [0.3, 0.4) is 0 Å². The van der Waals surface area contributed by atoms with Crippen molar-refractivity contribution >= 4 is 11.5 Å². The van der Waals surface area contributed by atoms with Crippen molar-refractivity contribution in [2.45, 2.75) is 26.0 Å². The van der Waals surface area contributed by atoms with Gasteiger partial charge in [0.2, 0.25) is 0 Å². The molecule has 1 aromatic heterocycles. The van der Waals surface area contributed by atoms with Crippen molar-refractivity contribution in [3.63, 3.8) is 0 Å². The van der Waals surface area contributed by atoms with E-state index in [2.05, 4.69) is 41.2 Å². The van der Waals surface area contributed by atoms with Crippen LogP contribution in [0, 0.1) is 0 Å². The van der Waals surface area contributed by atoms with Gasteiger partial charge in [-0.25, -0.2) is 4.98 Å². The number of nitrogens with one attached hydrogen (secondary N) is 1. The third-order valence-electron chi connectivity index (χ3n) is 2.94. The number of anilines is 2. The Morgan fingerprint density at radius 2 is 2.31 bits per heavy atom. The van der Waals surface area contributed by atoms with Crippen molar-refractivity contribution in [3.8, 4) is 0 Å². The molecule has 0 aliphatic carbocycles. The van der Waals surface area contributed by atoms with Crippen LogP contribution in [0.1, 0.15) is 13.8 Å². The Hall–Kier alpha value is -1.29. The van der Waals surface area contributed by atoms with Crippen molar-refractivity contribution in [2.75, 3.05) is 30.4 Å². The molecule has 1 saturated heterocycles. The smallest absolute Gasteiger partial charge is 0.127 e. The van der Waals surface area contributed by atoms with E-state index in [1.54, 1.807) is 0 Å². The van der Waals surface area contributed by atoms with Gasteiger partial charge in [0.25, 0.3) is 0 Å². The van der Waals surface area contributed by atoms with Gasteiger partial charge in [-0.2, -0.15) is 0 Å². The van der Waals surface area contributed by atoms with Crippen molar-refractivity contribution in [3.05, 3.63) is 18.3 Å². The molecule has 0 saturated carbocycles. The van der Waals surface area contributed by atoms with E-state index in [0.717, 1.165) is 19.0 Å². The lowest BCUT2D eigenvalue weighted by Crippen LogP contribution is -2.47. The number of ether oxygens (including phenoxy) is 1. The molecule has 0 radical (unpaired) electrons. The van der Waals surface area contributed by atoms with E-state index >= 15 is 0 Å². The van der Waals surface area contributed by atoms with Crippen molar-refractivity contribution < 1.29 is 4.74 Å². The Kier molecular flexibility index (Phi) is 3.29. The van der Waals surface area contributed by atoms with Gasteiger partial charge >= 0.3 is 0 Å². The van der Waals surface area contributed by atoms with E-state index < -0.39 is 0 Å². The lowest BCUT2D eigenvalue weighted by atomic mass is 10.2. The van der Waals surface area contributed by atoms with Gasteiger partial charge in [-0.3, -0.25) is 0 Å². The first kappa shape index (κ1) is 11.2. The van der Waals surface area contributed by atoms with Gasteiger partial charge in [0.1, 0.15) is 5.82 Å². The predicted molar refractivity (Wildman–Crippen MR) is 66.0 cm³/mol. The Morgan fingerprint density at radius 1 is 1.50 bits per heavy atom. The summed E-state index contributed by atoms with van der Waals surface area (Å²) in [5, 5.41) is 3.06. The van der Waals surface area contributed by atoms with E-state index in [1.807, 2.05) is 13.2 Å². The first-order valence-corrected chi connectivity index (χ1v) is 5.72. The number of morpholine rings is 1. The molecule has 2 unspecified atom stereocenters. The third kappa shape index (κ3) is 2.27. The quantitative estimate of drug-likeness (QED) is 0.825. The molecule has 0 bridgehead atoms. The second kappa shape index (κ2) is 4.70. The summed E-state index contributed by atoms with van der Waals surface area (Å²) in [6.45, 7) is 6.02. The average molecular weight is 221 g/mol. The minimum atomic E-state index is 0.294. The lowest BCUT2D eigenvalue weighted by molar-refractivity contribution is 0.0344. The van der Waals surface area contributed by atoms with Crippen molar-refractivity contribution in [1.29, 1.82) is 0 Å². The number of hydrogen-bond acceptors (Lipinski definition) is 4. The van der Waals surface area contributed by atoms with Crippen LogP contribution in [0.15, 0.2) is 18.3 Å². The highest BCUT2D eigenvalue weighted by Crippen LogP contribution is 2.23. The summed E-state index contributed by atoms with van der Waals surface area (Å²) >= 11 is 0. The van der Waals surface area contributed by atoms with E-state index in [4.69, 9.17) is 4.74 Å². The Balaban J connectivity index is 2.20. The molecule has 1 aromatic rings. The maximum atomic E-state index is 5.63. The molecule has 1 aliphatic rings. The summed E-state index contributed by atoms with van der Waals surface area (Å²) in [5.74, 6) is 0.906. The fourth-order valence-electron chi connectivity index (χ4n) is 2.00. The fourth-order valence-corrected chi connectivity index (χ4v) is 2.00. The van der Waals surface area contributed by atoms with Crippen molar-refractivity contribution in [2.24, 2.45) is 0 Å². The van der Waals surface area contributed by atoms with E-state index in [0.29, 0.717) is 12.1 Å². The molecule has 1 N–H and O–H groups in total. The molecule has 0 aromatic carbocycles. The Bertz CT molecular complexity index is 356. The van der Waals surface area contributed by atoms with Crippen LogP contribution >= 0.6 is 0 Å². The van der Waals surface area contributed by atoms with Crippen LogP contribution in [0.25, 0.3) is 0 Å². The van der Waals surface area contributed by atoms with Crippen molar-refractivity contribution in [1.82, 2.24) is 4.98 Å². The normalized spacial score (nSPS) is 25.6. The number of pyridine rings is 1. The van der Waals surface area contributed by atoms with Gasteiger partial charge in [-0.05, 0) is 19.9 Å². The minimum Gasteiger partial charge on any atom is -0.375 e. The molecule has 88 valence electrons. The molecule has 1 fully saturated rings. The monoisotopic (exact) mass is 221 g/mol. The Labute approximate surface area is 96.6 Å². The second-order valence-electron chi connectivity index (χ2n) is 4.29. The number of aromatic nitrogens is 1. The maximum absolute atomic E-state index is 5.63. The molecule has 4 heteroatoms. The third-order valence-corrected chi connectivity index (χ3v) is 2.94. The van der Waals surface area contributed by atoms with E-state index in [-0.39, 0.29) is 0 Å². The topological polar surface area (TPSA) is 37.4 Å². The predicted octanol–water partition coefficient (Wildman–Crippen LogP) is 1.74. The van der Waals surface area contributed by atoms with E-state index in [1.165, 1.54) is 5.69 Å². The lowest BCUT2D eigenvalue weighted by Gasteiger charge is -2.38. The van der Waals surface area contributed by atoms with Gasteiger partial charge in [-0.15, -0.1) is 0 Å². The zero-order valence-electron chi connectivity index (χ0n) is 10.1. The summed E-state index contributed by atoms with van der Waals surface area (Å²) in [5.41, 5.74) is 1.21. The SMILES string of the molecule is CNc1cc(N2CC(C)OCC2C)ccn1. The van der Waals surface area contributed by atoms with Gasteiger partial charge in [-0.1, -0.05) is 0 Å². The zero-order chi connectivity index (χ0) is 11.5. The maximum Gasteiger partial charge on any atom is 0.127 e. The van der Waals surface area contributed by atoms with E-state index in [9.17, 15) is 0 Å². The van der Waals surface area contributed by atoms with Crippen LogP contribution in [0.2, 0.25) is 0 Å². The molecule has 0 spiro atoms. The zero-order valence-corrected chi connectivity index (χ0v) is 10.1. The van der Waals surface area contributed by atoms with Crippen LogP contribution < -0.4 is 10.2 Å². The van der Waals surface area contributed by atoms with Crippen LogP contribution in [0.5, 0.6) is 0 Å². The molecule has 2 rings (SSSR count). The summed E-state index contributed by atoms with van der Waals surface area (Å²) in [6.07, 6.45) is 2.14. The van der Waals surface area contributed by atoms with Crippen LogP contribution in [0.4, 0.5) is 11.5 Å².